The van der Waals surface area contributed by atoms with E-state index in [-0.39, 0.29) is 9.79 Å². The molecule has 7 nitrogen and oxygen atoms in total. The standard InChI is InChI=1S/C25H22ClN3O4S/c1-2-7-23-24(17-27-29(23)20-14-12-18(26)13-15-20)33-25(30)28-19-8-6-11-22(16-19)34(31,32)21-9-4-3-5-10-21/h3-6,8-17H,2,7H2,1H3,(H,28,30). The molecule has 34 heavy (non-hydrogen) atoms. The van der Waals surface area contributed by atoms with Crippen molar-refractivity contribution >= 4 is 33.2 Å². The van der Waals surface area contributed by atoms with Crippen LogP contribution in [0.4, 0.5) is 10.5 Å². The average molecular weight is 496 g/mol. The summed E-state index contributed by atoms with van der Waals surface area (Å²) in [7, 11) is -3.72. The maximum Gasteiger partial charge on any atom is 0.417 e. The number of amides is 1. The molecular formula is C25H22ClN3O4S. The quantitative estimate of drug-likeness (QED) is 0.343. The molecule has 0 aliphatic rings. The van der Waals surface area contributed by atoms with Gasteiger partial charge in [-0.2, -0.15) is 5.10 Å². The first-order chi connectivity index (χ1) is 16.4. The van der Waals surface area contributed by atoms with E-state index in [0.717, 1.165) is 17.8 Å². The second kappa shape index (κ2) is 10.1. The third-order valence-electron chi connectivity index (χ3n) is 5.04. The predicted molar refractivity (Wildman–Crippen MR) is 131 cm³/mol. The second-order valence-electron chi connectivity index (χ2n) is 7.45. The lowest BCUT2D eigenvalue weighted by Gasteiger charge is -2.11. The van der Waals surface area contributed by atoms with Crippen molar-refractivity contribution in [2.75, 3.05) is 5.32 Å². The summed E-state index contributed by atoms with van der Waals surface area (Å²) in [4.78, 5) is 12.9. The highest BCUT2D eigenvalue weighted by Gasteiger charge is 2.19. The van der Waals surface area contributed by atoms with Crippen LogP contribution in [0.2, 0.25) is 5.02 Å². The molecule has 1 N–H and O–H groups in total. The van der Waals surface area contributed by atoms with Crippen LogP contribution in [0.25, 0.3) is 5.69 Å². The highest BCUT2D eigenvalue weighted by molar-refractivity contribution is 7.91. The Morgan fingerprint density at radius 1 is 1.00 bits per heavy atom. The van der Waals surface area contributed by atoms with Gasteiger partial charge in [0.05, 0.1) is 27.4 Å². The Morgan fingerprint density at radius 2 is 1.71 bits per heavy atom. The van der Waals surface area contributed by atoms with E-state index < -0.39 is 15.9 Å². The van der Waals surface area contributed by atoms with Crippen LogP contribution in [-0.2, 0) is 16.3 Å². The van der Waals surface area contributed by atoms with Crippen molar-refractivity contribution in [3.05, 3.63) is 95.8 Å². The number of sulfone groups is 1. The molecule has 0 bridgehead atoms. The summed E-state index contributed by atoms with van der Waals surface area (Å²) in [5.41, 5.74) is 1.83. The monoisotopic (exact) mass is 495 g/mol. The van der Waals surface area contributed by atoms with Gasteiger partial charge in [0.25, 0.3) is 0 Å². The number of hydrogen-bond acceptors (Lipinski definition) is 5. The molecule has 9 heteroatoms. The molecule has 0 aliphatic heterocycles. The minimum atomic E-state index is -3.72. The number of ether oxygens (including phenoxy) is 1. The number of carbonyl (C=O) groups is 1. The van der Waals surface area contributed by atoms with Gasteiger partial charge < -0.3 is 4.74 Å². The van der Waals surface area contributed by atoms with Gasteiger partial charge in [0.15, 0.2) is 5.75 Å². The van der Waals surface area contributed by atoms with Crippen LogP contribution in [-0.4, -0.2) is 24.3 Å². The van der Waals surface area contributed by atoms with Gasteiger partial charge in [-0.15, -0.1) is 0 Å². The highest BCUT2D eigenvalue weighted by atomic mass is 35.5. The van der Waals surface area contributed by atoms with Gasteiger partial charge in [-0.25, -0.2) is 17.9 Å². The van der Waals surface area contributed by atoms with Gasteiger partial charge in [-0.05, 0) is 61.0 Å². The van der Waals surface area contributed by atoms with E-state index in [1.807, 2.05) is 19.1 Å². The largest absolute Gasteiger partial charge is 0.417 e. The Morgan fingerprint density at radius 3 is 2.41 bits per heavy atom. The molecule has 0 unspecified atom stereocenters. The van der Waals surface area contributed by atoms with Crippen LogP contribution in [0.3, 0.4) is 0 Å². The number of rotatable bonds is 7. The number of aromatic nitrogens is 2. The summed E-state index contributed by atoms with van der Waals surface area (Å²) in [6.07, 6.45) is 2.18. The lowest BCUT2D eigenvalue weighted by molar-refractivity contribution is 0.214. The molecule has 174 valence electrons. The second-order valence-corrected chi connectivity index (χ2v) is 9.84. The van der Waals surface area contributed by atoms with Crippen molar-refractivity contribution in [1.29, 1.82) is 0 Å². The summed E-state index contributed by atoms with van der Waals surface area (Å²) in [5.74, 6) is 0.322. The number of nitrogens with one attached hydrogen (secondary N) is 1. The molecule has 3 aromatic carbocycles. The topological polar surface area (TPSA) is 90.3 Å². The Labute approximate surface area is 202 Å². The van der Waals surface area contributed by atoms with Gasteiger partial charge in [-0.1, -0.05) is 49.2 Å². The molecule has 0 saturated heterocycles. The van der Waals surface area contributed by atoms with Crippen LogP contribution >= 0.6 is 11.6 Å². The van der Waals surface area contributed by atoms with Crippen LogP contribution in [0.15, 0.2) is 94.9 Å². The summed E-state index contributed by atoms with van der Waals surface area (Å²) < 4.78 is 33.0. The summed E-state index contributed by atoms with van der Waals surface area (Å²) in [6, 6.07) is 21.3. The van der Waals surface area contributed by atoms with E-state index in [4.69, 9.17) is 16.3 Å². The third-order valence-corrected chi connectivity index (χ3v) is 7.05. The summed E-state index contributed by atoms with van der Waals surface area (Å²) in [5, 5.41) is 7.58. The summed E-state index contributed by atoms with van der Waals surface area (Å²) in [6.45, 7) is 2.02. The number of benzene rings is 3. The van der Waals surface area contributed by atoms with Gasteiger partial charge in [0, 0.05) is 10.7 Å². The fourth-order valence-corrected chi connectivity index (χ4v) is 4.89. The molecule has 0 fully saturated rings. The summed E-state index contributed by atoms with van der Waals surface area (Å²) >= 11 is 5.98. The van der Waals surface area contributed by atoms with E-state index >= 15 is 0 Å². The smallest absolute Gasteiger partial charge is 0.406 e. The van der Waals surface area contributed by atoms with Crippen molar-refractivity contribution in [1.82, 2.24) is 9.78 Å². The molecule has 1 amide bonds. The molecule has 0 saturated carbocycles. The first-order valence-corrected chi connectivity index (χ1v) is 12.5. The molecule has 0 aliphatic carbocycles. The Kier molecular flexibility index (Phi) is 7.00. The van der Waals surface area contributed by atoms with Gasteiger partial charge in [-0.3, -0.25) is 5.32 Å². The minimum absolute atomic E-state index is 0.0683. The lowest BCUT2D eigenvalue weighted by atomic mass is 10.2. The SMILES string of the molecule is CCCc1c(OC(=O)Nc2cccc(S(=O)(=O)c3ccccc3)c2)cnn1-c1ccc(Cl)cc1. The molecule has 1 aromatic heterocycles. The zero-order valence-electron chi connectivity index (χ0n) is 18.3. The third kappa shape index (κ3) is 5.13. The van der Waals surface area contributed by atoms with E-state index in [0.29, 0.717) is 22.9 Å². The molecule has 0 radical (unpaired) electrons. The average Bonchev–Trinajstić information content (AvgIpc) is 3.22. The van der Waals surface area contributed by atoms with E-state index in [1.165, 1.54) is 30.5 Å². The number of carbonyl (C=O) groups excluding carboxylic acids is 1. The van der Waals surface area contributed by atoms with Crippen LogP contribution < -0.4 is 10.1 Å². The van der Waals surface area contributed by atoms with Crippen molar-refractivity contribution in [2.24, 2.45) is 0 Å². The van der Waals surface area contributed by atoms with Gasteiger partial charge in [0.1, 0.15) is 0 Å². The number of anilines is 1. The van der Waals surface area contributed by atoms with Crippen molar-refractivity contribution < 1.29 is 17.9 Å². The fourth-order valence-electron chi connectivity index (χ4n) is 3.43. The minimum Gasteiger partial charge on any atom is -0.406 e. The zero-order chi connectivity index (χ0) is 24.1. The molecular weight excluding hydrogens is 474 g/mol. The first-order valence-electron chi connectivity index (χ1n) is 10.6. The van der Waals surface area contributed by atoms with Gasteiger partial charge in [0.2, 0.25) is 9.84 Å². The van der Waals surface area contributed by atoms with Crippen molar-refractivity contribution in [3.8, 4) is 11.4 Å². The number of hydrogen-bond donors (Lipinski definition) is 1. The Balaban J connectivity index is 1.54. The molecule has 1 heterocycles. The van der Waals surface area contributed by atoms with Gasteiger partial charge >= 0.3 is 6.09 Å². The molecule has 0 atom stereocenters. The van der Waals surface area contributed by atoms with E-state index in [9.17, 15) is 13.2 Å². The Hall–Kier alpha value is -3.62. The first kappa shape index (κ1) is 23.5. The molecule has 4 aromatic rings. The maximum atomic E-state index is 12.9. The fraction of sp³-hybridized carbons (Fsp3) is 0.120. The maximum absolute atomic E-state index is 12.9. The normalized spacial score (nSPS) is 11.2. The number of nitrogens with zero attached hydrogens (tertiary/aromatic N) is 2. The van der Waals surface area contributed by atoms with Crippen molar-refractivity contribution in [2.45, 2.75) is 29.6 Å². The zero-order valence-corrected chi connectivity index (χ0v) is 19.9. The van der Waals surface area contributed by atoms with Crippen molar-refractivity contribution in [3.63, 3.8) is 0 Å². The lowest BCUT2D eigenvalue weighted by Crippen LogP contribution is -2.17. The highest BCUT2D eigenvalue weighted by Crippen LogP contribution is 2.26. The van der Waals surface area contributed by atoms with Crippen LogP contribution in [0.1, 0.15) is 19.0 Å². The van der Waals surface area contributed by atoms with Crippen LogP contribution in [0.5, 0.6) is 5.75 Å². The Bertz CT molecular complexity index is 1400. The predicted octanol–water partition coefficient (Wildman–Crippen LogP) is 5.92. The van der Waals surface area contributed by atoms with E-state index in [1.54, 1.807) is 47.1 Å². The number of halogens is 1. The van der Waals surface area contributed by atoms with Crippen LogP contribution in [0, 0.1) is 0 Å². The molecule has 0 spiro atoms. The molecule has 4 rings (SSSR count). The van der Waals surface area contributed by atoms with E-state index in [2.05, 4.69) is 10.4 Å².